The third-order valence-corrected chi connectivity index (χ3v) is 5.07. The lowest BCUT2D eigenvalue weighted by atomic mass is 10.0. The number of nitrogens with one attached hydrogen (secondary N) is 1. The van der Waals surface area contributed by atoms with Gasteiger partial charge in [0.2, 0.25) is 0 Å². The van der Waals surface area contributed by atoms with E-state index in [1.807, 2.05) is 50.5 Å². The Morgan fingerprint density at radius 1 is 1.13 bits per heavy atom. The van der Waals surface area contributed by atoms with Crippen LogP contribution in [0.15, 0.2) is 60.8 Å². The predicted octanol–water partition coefficient (Wildman–Crippen LogP) is 4.65. The fourth-order valence-electron chi connectivity index (χ4n) is 2.89. The number of halogens is 2. The topological polar surface area (TPSA) is 59.4 Å². The SMILES string of the molecule is CN(C)CCC(NC(=O)c1ccn(COc2ccccc2Cl)n1)c1ccc(Cl)cc1. The van der Waals surface area contributed by atoms with Crippen LogP contribution in [-0.2, 0) is 6.73 Å². The second kappa shape index (κ2) is 10.5. The Morgan fingerprint density at radius 3 is 2.57 bits per heavy atom. The van der Waals surface area contributed by atoms with Gasteiger partial charge in [-0.2, -0.15) is 5.10 Å². The number of benzene rings is 2. The van der Waals surface area contributed by atoms with Gasteiger partial charge in [-0.25, -0.2) is 4.68 Å². The van der Waals surface area contributed by atoms with Gasteiger partial charge in [0, 0.05) is 11.2 Å². The molecule has 6 nitrogen and oxygen atoms in total. The minimum Gasteiger partial charge on any atom is -0.470 e. The molecule has 1 N–H and O–H groups in total. The van der Waals surface area contributed by atoms with Crippen LogP contribution in [0.25, 0.3) is 0 Å². The van der Waals surface area contributed by atoms with Crippen molar-refractivity contribution in [2.24, 2.45) is 0 Å². The summed E-state index contributed by atoms with van der Waals surface area (Å²) in [6.45, 7) is 0.978. The first-order valence-electron chi connectivity index (χ1n) is 9.54. The van der Waals surface area contributed by atoms with Crippen LogP contribution in [0.2, 0.25) is 10.0 Å². The normalized spacial score (nSPS) is 12.0. The maximum atomic E-state index is 12.8. The molecule has 0 radical (unpaired) electrons. The summed E-state index contributed by atoms with van der Waals surface area (Å²) in [6, 6.07) is 16.2. The van der Waals surface area contributed by atoms with Gasteiger partial charge >= 0.3 is 0 Å². The summed E-state index contributed by atoms with van der Waals surface area (Å²) in [5.41, 5.74) is 1.32. The van der Waals surface area contributed by atoms with Crippen molar-refractivity contribution in [2.75, 3.05) is 20.6 Å². The quantitative estimate of drug-likeness (QED) is 0.519. The number of amides is 1. The van der Waals surface area contributed by atoms with E-state index >= 15 is 0 Å². The maximum absolute atomic E-state index is 12.8. The molecule has 30 heavy (non-hydrogen) atoms. The molecule has 158 valence electrons. The highest BCUT2D eigenvalue weighted by Gasteiger charge is 2.18. The fourth-order valence-corrected chi connectivity index (χ4v) is 3.21. The monoisotopic (exact) mass is 446 g/mol. The van der Waals surface area contributed by atoms with Gasteiger partial charge in [0.05, 0.1) is 11.1 Å². The zero-order chi connectivity index (χ0) is 21.5. The average molecular weight is 447 g/mol. The van der Waals surface area contributed by atoms with E-state index in [4.69, 9.17) is 27.9 Å². The van der Waals surface area contributed by atoms with E-state index in [1.54, 1.807) is 29.1 Å². The molecule has 1 unspecified atom stereocenters. The molecule has 1 amide bonds. The van der Waals surface area contributed by atoms with Crippen LogP contribution in [0.4, 0.5) is 0 Å². The van der Waals surface area contributed by atoms with Gasteiger partial charge in [0.15, 0.2) is 6.73 Å². The Hall–Kier alpha value is -2.54. The molecule has 2 aromatic carbocycles. The minimum absolute atomic E-state index is 0.151. The number of hydrogen-bond acceptors (Lipinski definition) is 4. The lowest BCUT2D eigenvalue weighted by molar-refractivity contribution is 0.0925. The molecule has 0 aliphatic rings. The molecule has 0 aliphatic carbocycles. The first kappa shape index (κ1) is 22.2. The molecule has 0 fully saturated rings. The molecular weight excluding hydrogens is 423 g/mol. The van der Waals surface area contributed by atoms with Crippen LogP contribution in [-0.4, -0.2) is 41.2 Å². The van der Waals surface area contributed by atoms with Crippen molar-refractivity contribution in [1.82, 2.24) is 20.0 Å². The molecule has 0 bridgehead atoms. The van der Waals surface area contributed by atoms with Crippen molar-refractivity contribution in [2.45, 2.75) is 19.2 Å². The average Bonchev–Trinajstić information content (AvgIpc) is 3.20. The van der Waals surface area contributed by atoms with Crippen molar-refractivity contribution in [3.05, 3.63) is 82.1 Å². The molecule has 0 spiro atoms. The van der Waals surface area contributed by atoms with Crippen molar-refractivity contribution in [1.29, 1.82) is 0 Å². The number of nitrogens with zero attached hydrogens (tertiary/aromatic N) is 3. The van der Waals surface area contributed by atoms with Crippen LogP contribution < -0.4 is 10.1 Å². The smallest absolute Gasteiger partial charge is 0.272 e. The van der Waals surface area contributed by atoms with Crippen LogP contribution in [0, 0.1) is 0 Å². The lowest BCUT2D eigenvalue weighted by Crippen LogP contribution is -2.31. The van der Waals surface area contributed by atoms with E-state index in [-0.39, 0.29) is 18.7 Å². The highest BCUT2D eigenvalue weighted by atomic mass is 35.5. The van der Waals surface area contributed by atoms with Gasteiger partial charge in [-0.15, -0.1) is 0 Å². The van der Waals surface area contributed by atoms with Crippen LogP contribution in [0.5, 0.6) is 5.75 Å². The molecule has 1 heterocycles. The number of para-hydroxylation sites is 1. The van der Waals surface area contributed by atoms with E-state index in [1.165, 1.54) is 0 Å². The molecule has 3 aromatic rings. The summed E-state index contributed by atoms with van der Waals surface area (Å²) in [7, 11) is 4.00. The highest BCUT2D eigenvalue weighted by molar-refractivity contribution is 6.32. The van der Waals surface area contributed by atoms with Crippen LogP contribution >= 0.6 is 23.2 Å². The summed E-state index contributed by atoms with van der Waals surface area (Å²) in [4.78, 5) is 14.9. The minimum atomic E-state index is -0.245. The van der Waals surface area contributed by atoms with E-state index in [9.17, 15) is 4.79 Å². The van der Waals surface area contributed by atoms with E-state index in [0.29, 0.717) is 21.5 Å². The Bertz CT molecular complexity index is 973. The second-order valence-corrected chi connectivity index (χ2v) is 7.96. The van der Waals surface area contributed by atoms with Crippen molar-refractivity contribution in [3.63, 3.8) is 0 Å². The van der Waals surface area contributed by atoms with Crippen molar-refractivity contribution >= 4 is 29.1 Å². The molecule has 1 aromatic heterocycles. The lowest BCUT2D eigenvalue weighted by Gasteiger charge is -2.21. The van der Waals surface area contributed by atoms with E-state index in [0.717, 1.165) is 18.5 Å². The molecule has 0 saturated carbocycles. The second-order valence-electron chi connectivity index (χ2n) is 7.11. The Morgan fingerprint density at radius 2 is 1.87 bits per heavy atom. The van der Waals surface area contributed by atoms with Crippen LogP contribution in [0.1, 0.15) is 28.5 Å². The highest BCUT2D eigenvalue weighted by Crippen LogP contribution is 2.23. The maximum Gasteiger partial charge on any atom is 0.272 e. The first-order valence-corrected chi connectivity index (χ1v) is 10.3. The summed E-state index contributed by atoms with van der Waals surface area (Å²) in [6.07, 6.45) is 2.46. The van der Waals surface area contributed by atoms with E-state index in [2.05, 4.69) is 15.3 Å². The molecule has 3 rings (SSSR count). The Kier molecular flexibility index (Phi) is 7.74. The zero-order valence-electron chi connectivity index (χ0n) is 16.9. The number of ether oxygens (including phenoxy) is 1. The third kappa shape index (κ3) is 6.23. The largest absolute Gasteiger partial charge is 0.470 e. The van der Waals surface area contributed by atoms with Gasteiger partial charge < -0.3 is 15.0 Å². The van der Waals surface area contributed by atoms with Crippen LogP contribution in [0.3, 0.4) is 0 Å². The van der Waals surface area contributed by atoms with Gasteiger partial charge in [-0.3, -0.25) is 4.79 Å². The van der Waals surface area contributed by atoms with Crippen molar-refractivity contribution in [3.8, 4) is 5.75 Å². The summed E-state index contributed by atoms with van der Waals surface area (Å²) in [5, 5.41) is 8.57. The standard InChI is InChI=1S/C22H24Cl2N4O2/c1-27(2)13-11-19(16-7-9-17(23)10-8-16)25-22(29)20-12-14-28(26-20)15-30-21-6-4-3-5-18(21)24/h3-10,12,14,19H,11,13,15H2,1-2H3,(H,25,29). The predicted molar refractivity (Wildman–Crippen MR) is 119 cm³/mol. The fraction of sp³-hybridized carbons (Fsp3) is 0.273. The molecule has 0 aliphatic heterocycles. The van der Waals surface area contributed by atoms with Gasteiger partial charge in [0.25, 0.3) is 5.91 Å². The summed E-state index contributed by atoms with van der Waals surface area (Å²) < 4.78 is 7.21. The number of carbonyl (C=O) groups is 1. The summed E-state index contributed by atoms with van der Waals surface area (Å²) >= 11 is 12.1. The Balaban J connectivity index is 1.65. The molecule has 0 saturated heterocycles. The first-order chi connectivity index (χ1) is 14.4. The van der Waals surface area contributed by atoms with Crippen molar-refractivity contribution < 1.29 is 9.53 Å². The number of carbonyl (C=O) groups excluding carboxylic acids is 1. The number of hydrogen-bond donors (Lipinski definition) is 1. The van der Waals surface area contributed by atoms with E-state index < -0.39 is 0 Å². The third-order valence-electron chi connectivity index (χ3n) is 4.50. The molecule has 1 atom stereocenters. The summed E-state index contributed by atoms with van der Waals surface area (Å²) in [5.74, 6) is 0.317. The van der Waals surface area contributed by atoms with Gasteiger partial charge in [-0.1, -0.05) is 47.5 Å². The molecular formula is C22H24Cl2N4O2. The number of aromatic nitrogens is 2. The number of rotatable bonds is 9. The zero-order valence-corrected chi connectivity index (χ0v) is 18.4. The molecule has 8 heteroatoms. The van der Waals surface area contributed by atoms with Gasteiger partial charge in [-0.05, 0) is 63.0 Å². The van der Waals surface area contributed by atoms with Gasteiger partial charge in [0.1, 0.15) is 11.4 Å². The Labute approximate surface area is 186 Å².